The van der Waals surface area contributed by atoms with Gasteiger partial charge in [-0.15, -0.1) is 0 Å². The predicted molar refractivity (Wildman–Crippen MR) is 163 cm³/mol. The highest BCUT2D eigenvalue weighted by Crippen LogP contribution is 2.38. The van der Waals surface area contributed by atoms with E-state index in [0.717, 1.165) is 49.8 Å². The lowest BCUT2D eigenvalue weighted by Gasteiger charge is -2.19. The van der Waals surface area contributed by atoms with Crippen molar-refractivity contribution >= 4 is 54.6 Å². The van der Waals surface area contributed by atoms with Crippen LogP contribution in [0.1, 0.15) is 33.9 Å². The van der Waals surface area contributed by atoms with Crippen LogP contribution in [-0.4, -0.2) is 18.8 Å². The van der Waals surface area contributed by atoms with Gasteiger partial charge in [0, 0.05) is 32.9 Å². The summed E-state index contributed by atoms with van der Waals surface area (Å²) in [5.41, 5.74) is 13.0. The fraction of sp³-hybridized carbons (Fsp3) is 0.167. The van der Waals surface area contributed by atoms with Crippen molar-refractivity contribution in [2.75, 3.05) is 0 Å². The fourth-order valence-electron chi connectivity index (χ4n) is 7.87. The largest absolute Gasteiger partial charge is 0.296 e. The van der Waals surface area contributed by atoms with Crippen molar-refractivity contribution in [3.8, 4) is 0 Å². The average Bonchev–Trinajstić information content (AvgIpc) is 3.59. The number of imidazole rings is 2. The van der Waals surface area contributed by atoms with Gasteiger partial charge in [-0.2, -0.15) is 0 Å². The minimum Gasteiger partial charge on any atom is -0.296 e. The van der Waals surface area contributed by atoms with Crippen LogP contribution in [0.15, 0.2) is 84.9 Å². The molecule has 0 aliphatic carbocycles. The van der Waals surface area contributed by atoms with Crippen molar-refractivity contribution in [1.82, 2.24) is 18.8 Å². The second-order valence-electron chi connectivity index (χ2n) is 11.5. The molecule has 2 aliphatic rings. The molecular weight excluding hydrogens is 488 g/mol. The third-order valence-electron chi connectivity index (χ3n) is 9.57. The number of benzene rings is 4. The van der Waals surface area contributed by atoms with Crippen LogP contribution in [0.5, 0.6) is 0 Å². The van der Waals surface area contributed by atoms with Crippen molar-refractivity contribution in [2.24, 2.45) is 0 Å². The first kappa shape index (κ1) is 21.2. The number of aromatic nitrogens is 4. The van der Waals surface area contributed by atoms with Gasteiger partial charge in [-0.3, -0.25) is 8.80 Å². The molecule has 0 saturated heterocycles. The molecule has 0 saturated carbocycles. The van der Waals surface area contributed by atoms with Crippen molar-refractivity contribution in [2.45, 2.75) is 38.5 Å². The van der Waals surface area contributed by atoms with Crippen LogP contribution in [-0.2, 0) is 38.5 Å². The maximum atomic E-state index is 5.36. The molecular formula is C36H26N4. The van der Waals surface area contributed by atoms with Gasteiger partial charge < -0.3 is 0 Å². The van der Waals surface area contributed by atoms with E-state index in [0.29, 0.717) is 0 Å². The van der Waals surface area contributed by atoms with Crippen LogP contribution in [0, 0.1) is 0 Å². The molecule has 0 unspecified atom stereocenters. The molecule has 4 aromatic heterocycles. The van der Waals surface area contributed by atoms with Crippen LogP contribution in [0.3, 0.4) is 0 Å². The normalized spacial score (nSPS) is 14.3. The van der Waals surface area contributed by atoms with Gasteiger partial charge >= 0.3 is 0 Å². The topological polar surface area (TPSA) is 34.6 Å². The van der Waals surface area contributed by atoms with Crippen LogP contribution in [0.4, 0.5) is 0 Å². The summed E-state index contributed by atoms with van der Waals surface area (Å²) in [5.74, 6) is 0. The molecule has 4 nitrogen and oxygen atoms in total. The zero-order valence-electron chi connectivity index (χ0n) is 22.1. The Morgan fingerprint density at radius 3 is 1.35 bits per heavy atom. The number of hydrogen-bond acceptors (Lipinski definition) is 2. The van der Waals surface area contributed by atoms with Gasteiger partial charge in [0.1, 0.15) is 11.3 Å². The molecule has 0 atom stereocenters. The van der Waals surface area contributed by atoms with E-state index in [2.05, 4.69) is 93.7 Å². The Labute approximate surface area is 230 Å². The quantitative estimate of drug-likeness (QED) is 0.228. The summed E-state index contributed by atoms with van der Waals surface area (Å²) >= 11 is 0. The second kappa shape index (κ2) is 7.48. The lowest BCUT2D eigenvalue weighted by atomic mass is 9.95. The van der Waals surface area contributed by atoms with Crippen LogP contribution in [0.25, 0.3) is 54.6 Å². The third kappa shape index (κ3) is 2.57. The maximum absolute atomic E-state index is 5.36. The summed E-state index contributed by atoms with van der Waals surface area (Å²) in [6, 6.07) is 31.1. The first-order valence-corrected chi connectivity index (χ1v) is 14.5. The molecule has 6 heterocycles. The Bertz CT molecular complexity index is 2220. The van der Waals surface area contributed by atoms with E-state index in [1.165, 1.54) is 77.3 Å². The van der Waals surface area contributed by atoms with E-state index >= 15 is 0 Å². The Balaban J connectivity index is 1.18. The van der Waals surface area contributed by atoms with Gasteiger partial charge in [0.15, 0.2) is 0 Å². The number of hydrogen-bond donors (Lipinski definition) is 0. The Kier molecular flexibility index (Phi) is 3.96. The standard InChI is InChI=1S/C36H26N4/c1-3-11-27-23(9-1)25-13-5-7-21-15-19-31-29(37-35(27)39(31)33(21)25)17-18-30-32-20-16-22-8-6-14-26-24-10-2-4-12-28(24)36(38-30)40(32)34(22)26/h1-14H,15-20H2. The van der Waals surface area contributed by atoms with Crippen molar-refractivity contribution in [3.63, 3.8) is 0 Å². The predicted octanol–water partition coefficient (Wildman–Crippen LogP) is 7.58. The lowest BCUT2D eigenvalue weighted by Crippen LogP contribution is -2.10. The smallest absolute Gasteiger partial charge is 0.145 e. The molecule has 0 spiro atoms. The van der Waals surface area contributed by atoms with E-state index < -0.39 is 0 Å². The fourth-order valence-corrected chi connectivity index (χ4v) is 7.87. The van der Waals surface area contributed by atoms with Crippen molar-refractivity contribution in [1.29, 1.82) is 0 Å². The summed E-state index contributed by atoms with van der Waals surface area (Å²) < 4.78 is 4.96. The average molecular weight is 515 g/mol. The highest BCUT2D eigenvalue weighted by atomic mass is 15.1. The van der Waals surface area contributed by atoms with Gasteiger partial charge in [-0.25, -0.2) is 9.97 Å². The molecule has 10 rings (SSSR count). The number of nitrogens with zero attached hydrogens (tertiary/aromatic N) is 4. The zero-order chi connectivity index (χ0) is 25.9. The molecule has 4 aromatic carbocycles. The summed E-state index contributed by atoms with van der Waals surface area (Å²) in [4.78, 5) is 10.7. The first-order chi connectivity index (χ1) is 19.8. The molecule has 190 valence electrons. The van der Waals surface area contributed by atoms with Crippen LogP contribution >= 0.6 is 0 Å². The summed E-state index contributed by atoms with van der Waals surface area (Å²) in [6.07, 6.45) is 6.05. The molecule has 8 aromatic rings. The highest BCUT2D eigenvalue weighted by molar-refractivity contribution is 6.13. The maximum Gasteiger partial charge on any atom is 0.145 e. The summed E-state index contributed by atoms with van der Waals surface area (Å²) in [5, 5.41) is 7.77. The van der Waals surface area contributed by atoms with Crippen LogP contribution < -0.4 is 0 Å². The molecule has 0 radical (unpaired) electrons. The molecule has 0 amide bonds. The molecule has 4 heteroatoms. The SMILES string of the molecule is c1ccc2c(c1)c1cccc3c1n1c(c(CCc4nc5c6ccccc6c6cccc7c6n5c4CC7)nc21)CC3. The minimum atomic E-state index is 0.911. The first-order valence-electron chi connectivity index (χ1n) is 14.5. The van der Waals surface area contributed by atoms with Crippen LogP contribution in [0.2, 0.25) is 0 Å². The molecule has 2 aliphatic heterocycles. The van der Waals surface area contributed by atoms with Crippen molar-refractivity contribution in [3.05, 3.63) is 119 Å². The number of aryl methyl sites for hydroxylation is 6. The van der Waals surface area contributed by atoms with Crippen molar-refractivity contribution < 1.29 is 0 Å². The number of rotatable bonds is 3. The van der Waals surface area contributed by atoms with E-state index in [1.54, 1.807) is 0 Å². The van der Waals surface area contributed by atoms with E-state index in [-0.39, 0.29) is 0 Å². The van der Waals surface area contributed by atoms with E-state index in [9.17, 15) is 0 Å². The third-order valence-corrected chi connectivity index (χ3v) is 9.57. The molecule has 40 heavy (non-hydrogen) atoms. The number of fused-ring (bicyclic) bond motifs is 6. The second-order valence-corrected chi connectivity index (χ2v) is 11.5. The zero-order valence-corrected chi connectivity index (χ0v) is 22.1. The Hall–Kier alpha value is -4.70. The summed E-state index contributed by atoms with van der Waals surface area (Å²) in [6.45, 7) is 0. The molecule has 0 N–H and O–H groups in total. The number of para-hydroxylation sites is 2. The molecule has 0 bridgehead atoms. The monoisotopic (exact) mass is 514 g/mol. The number of pyridine rings is 2. The minimum absolute atomic E-state index is 0.911. The van der Waals surface area contributed by atoms with Gasteiger partial charge in [0.25, 0.3) is 0 Å². The van der Waals surface area contributed by atoms with Gasteiger partial charge in [0.2, 0.25) is 0 Å². The van der Waals surface area contributed by atoms with Gasteiger partial charge in [-0.05, 0) is 60.4 Å². The van der Waals surface area contributed by atoms with E-state index in [1.807, 2.05) is 0 Å². The Morgan fingerprint density at radius 2 is 0.875 bits per heavy atom. The highest BCUT2D eigenvalue weighted by Gasteiger charge is 2.26. The lowest BCUT2D eigenvalue weighted by molar-refractivity contribution is 0.803. The van der Waals surface area contributed by atoms with Gasteiger partial charge in [-0.1, -0.05) is 84.9 Å². The molecule has 0 fully saturated rings. The van der Waals surface area contributed by atoms with E-state index in [4.69, 9.17) is 9.97 Å². The summed E-state index contributed by atoms with van der Waals surface area (Å²) in [7, 11) is 0. The van der Waals surface area contributed by atoms with Gasteiger partial charge in [0.05, 0.1) is 22.4 Å². The Morgan fingerprint density at radius 1 is 0.450 bits per heavy atom.